The SMILES string of the molecule is COC(=O)/C(C#N)=C/c1cccc(OC(=O)Oc2ccccc2)c1. The minimum atomic E-state index is -0.893. The third-order valence-corrected chi connectivity index (χ3v) is 2.84. The minimum absolute atomic E-state index is 0.165. The number of rotatable bonds is 4. The number of para-hydroxylation sites is 1. The van der Waals surface area contributed by atoms with Crippen LogP contribution in [0, 0.1) is 11.3 Å². The molecule has 2 aromatic rings. The number of methoxy groups -OCH3 is 1. The van der Waals surface area contributed by atoms with E-state index in [1.54, 1.807) is 54.6 Å². The Morgan fingerprint density at radius 3 is 2.33 bits per heavy atom. The van der Waals surface area contributed by atoms with Crippen molar-refractivity contribution >= 4 is 18.2 Å². The van der Waals surface area contributed by atoms with Crippen LogP contribution >= 0.6 is 0 Å². The lowest BCUT2D eigenvalue weighted by molar-refractivity contribution is -0.135. The second-order valence-electron chi connectivity index (χ2n) is 4.50. The van der Waals surface area contributed by atoms with Crippen LogP contribution in [0.15, 0.2) is 60.2 Å². The average Bonchev–Trinajstić information content (AvgIpc) is 2.60. The molecule has 0 radical (unpaired) electrons. The predicted molar refractivity (Wildman–Crippen MR) is 85.1 cm³/mol. The highest BCUT2D eigenvalue weighted by Crippen LogP contribution is 2.18. The van der Waals surface area contributed by atoms with Crippen LogP contribution in [-0.2, 0) is 9.53 Å². The van der Waals surface area contributed by atoms with Crippen LogP contribution in [0.1, 0.15) is 5.56 Å². The number of carbonyl (C=O) groups excluding carboxylic acids is 2. The zero-order valence-electron chi connectivity index (χ0n) is 12.8. The summed E-state index contributed by atoms with van der Waals surface area (Å²) >= 11 is 0. The van der Waals surface area contributed by atoms with Crippen LogP contribution in [-0.4, -0.2) is 19.2 Å². The van der Waals surface area contributed by atoms with Crippen LogP contribution in [0.5, 0.6) is 11.5 Å². The van der Waals surface area contributed by atoms with Crippen molar-refractivity contribution in [3.8, 4) is 17.6 Å². The van der Waals surface area contributed by atoms with Crippen LogP contribution < -0.4 is 9.47 Å². The summed E-state index contributed by atoms with van der Waals surface area (Å²) in [5, 5.41) is 8.94. The molecule has 0 amide bonds. The first-order valence-corrected chi connectivity index (χ1v) is 6.87. The third kappa shape index (κ3) is 4.71. The molecule has 0 aliphatic carbocycles. The first-order chi connectivity index (χ1) is 11.6. The molecule has 0 aliphatic heterocycles. The summed E-state index contributed by atoms with van der Waals surface area (Å²) in [6, 6.07) is 16.5. The molecule has 0 unspecified atom stereocenters. The van der Waals surface area contributed by atoms with E-state index in [1.807, 2.05) is 0 Å². The summed E-state index contributed by atoms with van der Waals surface area (Å²) < 4.78 is 14.6. The second-order valence-corrected chi connectivity index (χ2v) is 4.50. The number of ether oxygens (including phenoxy) is 3. The highest BCUT2D eigenvalue weighted by Gasteiger charge is 2.10. The molecule has 0 heterocycles. The molecule has 2 rings (SSSR count). The van der Waals surface area contributed by atoms with Crippen molar-refractivity contribution < 1.29 is 23.8 Å². The van der Waals surface area contributed by atoms with E-state index in [2.05, 4.69) is 4.74 Å². The van der Waals surface area contributed by atoms with Gasteiger partial charge in [0.2, 0.25) is 0 Å². The highest BCUT2D eigenvalue weighted by atomic mass is 16.7. The van der Waals surface area contributed by atoms with Gasteiger partial charge in [-0.3, -0.25) is 0 Å². The second kappa shape index (κ2) is 8.15. The van der Waals surface area contributed by atoms with Gasteiger partial charge in [-0.2, -0.15) is 5.26 Å². The van der Waals surface area contributed by atoms with Gasteiger partial charge in [0.15, 0.2) is 0 Å². The summed E-state index contributed by atoms with van der Waals surface area (Å²) in [6.07, 6.45) is 0.442. The fourth-order valence-electron chi connectivity index (χ4n) is 1.78. The maximum absolute atomic E-state index is 11.7. The van der Waals surface area contributed by atoms with Crippen molar-refractivity contribution in [1.82, 2.24) is 0 Å². The summed E-state index contributed by atoms with van der Waals surface area (Å²) in [5.41, 5.74) is 0.337. The fraction of sp³-hybridized carbons (Fsp3) is 0.0556. The first kappa shape index (κ1) is 16.8. The van der Waals surface area contributed by atoms with E-state index >= 15 is 0 Å². The number of esters is 1. The Morgan fingerprint density at radius 1 is 1.00 bits per heavy atom. The largest absolute Gasteiger partial charge is 0.519 e. The molecule has 0 N–H and O–H groups in total. The molecule has 0 bridgehead atoms. The standard InChI is InChI=1S/C18H13NO5/c1-22-17(20)14(12-19)10-13-6-5-9-16(11-13)24-18(21)23-15-7-3-2-4-8-15/h2-11H,1H3/b14-10+. The van der Waals surface area contributed by atoms with E-state index in [0.29, 0.717) is 11.3 Å². The van der Waals surface area contributed by atoms with E-state index in [9.17, 15) is 9.59 Å². The number of hydrogen-bond acceptors (Lipinski definition) is 6. The van der Waals surface area contributed by atoms with E-state index in [4.69, 9.17) is 14.7 Å². The van der Waals surface area contributed by atoms with E-state index in [0.717, 1.165) is 0 Å². The topological polar surface area (TPSA) is 85.6 Å². The summed E-state index contributed by atoms with van der Waals surface area (Å²) in [6.45, 7) is 0. The lowest BCUT2D eigenvalue weighted by atomic mass is 10.1. The highest BCUT2D eigenvalue weighted by molar-refractivity contribution is 5.97. The molecule has 0 saturated carbocycles. The van der Waals surface area contributed by atoms with Crippen LogP contribution in [0.4, 0.5) is 4.79 Å². The molecule has 0 spiro atoms. The number of nitriles is 1. The molecule has 6 nitrogen and oxygen atoms in total. The Labute approximate surface area is 138 Å². The number of hydrogen-bond donors (Lipinski definition) is 0. The molecule has 24 heavy (non-hydrogen) atoms. The van der Waals surface area contributed by atoms with E-state index < -0.39 is 12.1 Å². The monoisotopic (exact) mass is 323 g/mol. The minimum Gasteiger partial charge on any atom is -0.465 e. The van der Waals surface area contributed by atoms with E-state index in [-0.39, 0.29) is 11.3 Å². The molecular weight excluding hydrogens is 310 g/mol. The van der Waals surface area contributed by atoms with Gasteiger partial charge in [0.1, 0.15) is 23.1 Å². The fourth-order valence-corrected chi connectivity index (χ4v) is 1.78. The van der Waals surface area contributed by atoms with Crippen LogP contribution in [0.2, 0.25) is 0 Å². The number of carbonyl (C=O) groups is 2. The Balaban J connectivity index is 2.10. The van der Waals surface area contributed by atoms with Crippen molar-refractivity contribution in [1.29, 1.82) is 5.26 Å². The van der Waals surface area contributed by atoms with Gasteiger partial charge < -0.3 is 14.2 Å². The van der Waals surface area contributed by atoms with Crippen LogP contribution in [0.25, 0.3) is 6.08 Å². The summed E-state index contributed by atoms with van der Waals surface area (Å²) in [4.78, 5) is 23.1. The Kier molecular flexibility index (Phi) is 5.70. The molecule has 0 aliphatic rings. The Hall–Kier alpha value is -3.59. The quantitative estimate of drug-likeness (QED) is 0.371. The van der Waals surface area contributed by atoms with Gasteiger partial charge in [0.25, 0.3) is 0 Å². The van der Waals surface area contributed by atoms with Crippen molar-refractivity contribution in [2.75, 3.05) is 7.11 Å². The molecule has 0 atom stereocenters. The van der Waals surface area contributed by atoms with Gasteiger partial charge in [-0.05, 0) is 35.9 Å². The number of benzene rings is 2. The molecule has 6 heteroatoms. The molecular formula is C18H13NO5. The van der Waals surface area contributed by atoms with Gasteiger partial charge in [-0.1, -0.05) is 30.3 Å². The zero-order chi connectivity index (χ0) is 17.4. The zero-order valence-corrected chi connectivity index (χ0v) is 12.8. The van der Waals surface area contributed by atoms with Gasteiger partial charge in [0, 0.05) is 0 Å². The van der Waals surface area contributed by atoms with Gasteiger partial charge in [0.05, 0.1) is 7.11 Å². The van der Waals surface area contributed by atoms with E-state index in [1.165, 1.54) is 19.3 Å². The normalized spacial score (nSPS) is 10.4. The van der Waals surface area contributed by atoms with Gasteiger partial charge in [-0.15, -0.1) is 0 Å². The maximum Gasteiger partial charge on any atom is 0.519 e. The maximum atomic E-state index is 11.7. The van der Waals surface area contributed by atoms with Crippen molar-refractivity contribution in [2.24, 2.45) is 0 Å². The van der Waals surface area contributed by atoms with Crippen molar-refractivity contribution in [3.63, 3.8) is 0 Å². The third-order valence-electron chi connectivity index (χ3n) is 2.84. The lowest BCUT2D eigenvalue weighted by Crippen LogP contribution is -2.13. The Bertz CT molecular complexity index is 806. The molecule has 0 saturated heterocycles. The van der Waals surface area contributed by atoms with Crippen molar-refractivity contribution in [3.05, 3.63) is 65.7 Å². The molecule has 0 aromatic heterocycles. The first-order valence-electron chi connectivity index (χ1n) is 6.87. The van der Waals surface area contributed by atoms with Gasteiger partial charge >= 0.3 is 12.1 Å². The summed E-state index contributed by atoms with van der Waals surface area (Å²) in [7, 11) is 1.19. The smallest absolute Gasteiger partial charge is 0.465 e. The van der Waals surface area contributed by atoms with Crippen LogP contribution in [0.3, 0.4) is 0 Å². The molecule has 0 fully saturated rings. The van der Waals surface area contributed by atoms with Crippen molar-refractivity contribution in [2.45, 2.75) is 0 Å². The number of nitrogens with zero attached hydrogens (tertiary/aromatic N) is 1. The predicted octanol–water partition coefficient (Wildman–Crippen LogP) is 3.34. The Morgan fingerprint density at radius 2 is 1.67 bits per heavy atom. The summed E-state index contributed by atoms with van der Waals surface area (Å²) in [5.74, 6) is -0.171. The lowest BCUT2D eigenvalue weighted by Gasteiger charge is -2.06. The van der Waals surface area contributed by atoms with Gasteiger partial charge in [-0.25, -0.2) is 9.59 Å². The average molecular weight is 323 g/mol. The molecule has 120 valence electrons. The molecule has 2 aromatic carbocycles.